The summed E-state index contributed by atoms with van der Waals surface area (Å²) in [6.07, 6.45) is 3.69. The van der Waals surface area contributed by atoms with Gasteiger partial charge in [0.25, 0.3) is 0 Å². The predicted molar refractivity (Wildman–Crippen MR) is 89.7 cm³/mol. The van der Waals surface area contributed by atoms with Crippen molar-refractivity contribution in [1.82, 2.24) is 0 Å². The summed E-state index contributed by atoms with van der Waals surface area (Å²) < 4.78 is 36.2. The number of sulfone groups is 1. The van der Waals surface area contributed by atoms with E-state index < -0.39 is 9.84 Å². The molecule has 0 heterocycles. The van der Waals surface area contributed by atoms with E-state index in [-0.39, 0.29) is 5.82 Å². The fourth-order valence-electron chi connectivity index (χ4n) is 2.59. The number of nitrogens with zero attached hydrogens (tertiary/aromatic N) is 1. The van der Waals surface area contributed by atoms with Gasteiger partial charge in [-0.1, -0.05) is 12.1 Å². The van der Waals surface area contributed by atoms with Gasteiger partial charge in [0, 0.05) is 25.0 Å². The Bertz CT molecular complexity index is 766. The van der Waals surface area contributed by atoms with Gasteiger partial charge in [-0.25, -0.2) is 12.8 Å². The summed E-state index contributed by atoms with van der Waals surface area (Å²) >= 11 is 0. The first-order valence-corrected chi connectivity index (χ1v) is 9.60. The summed E-state index contributed by atoms with van der Waals surface area (Å²) in [4.78, 5) is 2.56. The Hall–Kier alpha value is -1.88. The van der Waals surface area contributed by atoms with Crippen LogP contribution in [0.15, 0.2) is 53.4 Å². The van der Waals surface area contributed by atoms with Gasteiger partial charge in [0.2, 0.25) is 0 Å². The molecule has 23 heavy (non-hydrogen) atoms. The van der Waals surface area contributed by atoms with Crippen LogP contribution in [-0.4, -0.2) is 21.2 Å². The average Bonchev–Trinajstić information content (AvgIpc) is 3.32. The van der Waals surface area contributed by atoms with Gasteiger partial charge in [0.1, 0.15) is 5.82 Å². The van der Waals surface area contributed by atoms with Crippen molar-refractivity contribution in [1.29, 1.82) is 0 Å². The van der Waals surface area contributed by atoms with Crippen LogP contribution in [0, 0.1) is 11.7 Å². The lowest BCUT2D eigenvalue weighted by Crippen LogP contribution is -2.25. The largest absolute Gasteiger partial charge is 0.367 e. The van der Waals surface area contributed by atoms with E-state index in [4.69, 9.17) is 0 Å². The molecule has 0 bridgehead atoms. The Labute approximate surface area is 136 Å². The zero-order valence-corrected chi connectivity index (χ0v) is 13.9. The number of anilines is 1. The fraction of sp³-hybridized carbons (Fsp3) is 0.333. The van der Waals surface area contributed by atoms with Gasteiger partial charge >= 0.3 is 0 Å². The highest BCUT2D eigenvalue weighted by atomic mass is 32.2. The molecule has 1 aliphatic rings. The zero-order valence-electron chi connectivity index (χ0n) is 13.1. The van der Waals surface area contributed by atoms with Crippen LogP contribution in [0.4, 0.5) is 10.1 Å². The third-order valence-electron chi connectivity index (χ3n) is 4.09. The van der Waals surface area contributed by atoms with E-state index in [0.717, 1.165) is 17.8 Å². The van der Waals surface area contributed by atoms with Crippen molar-refractivity contribution >= 4 is 15.5 Å². The predicted octanol–water partition coefficient (Wildman–Crippen LogP) is 3.65. The highest BCUT2D eigenvalue weighted by Crippen LogP contribution is 2.32. The van der Waals surface area contributed by atoms with E-state index in [1.165, 1.54) is 31.2 Å². The molecule has 3 rings (SSSR count). The van der Waals surface area contributed by atoms with E-state index in [1.807, 2.05) is 12.1 Å². The minimum atomic E-state index is -3.18. The van der Waals surface area contributed by atoms with E-state index in [0.29, 0.717) is 17.4 Å². The Morgan fingerprint density at radius 1 is 1.04 bits per heavy atom. The van der Waals surface area contributed by atoms with Gasteiger partial charge in [-0.05, 0) is 60.7 Å². The maximum absolute atomic E-state index is 13.1. The van der Waals surface area contributed by atoms with Crippen LogP contribution in [0.3, 0.4) is 0 Å². The molecule has 5 heteroatoms. The molecule has 2 aromatic carbocycles. The highest BCUT2D eigenvalue weighted by Gasteiger charge is 2.24. The van der Waals surface area contributed by atoms with Gasteiger partial charge in [-0.2, -0.15) is 0 Å². The number of rotatable bonds is 6. The summed E-state index contributed by atoms with van der Waals surface area (Å²) in [5.41, 5.74) is 2.04. The Morgan fingerprint density at radius 2 is 1.65 bits per heavy atom. The van der Waals surface area contributed by atoms with Crippen molar-refractivity contribution in [3.63, 3.8) is 0 Å². The molecular weight excluding hydrogens is 313 g/mol. The Balaban J connectivity index is 1.81. The summed E-state index contributed by atoms with van der Waals surface area (Å²) in [5, 5.41) is 0. The van der Waals surface area contributed by atoms with Crippen LogP contribution in [-0.2, 0) is 16.4 Å². The van der Waals surface area contributed by atoms with E-state index >= 15 is 0 Å². The van der Waals surface area contributed by atoms with Gasteiger partial charge in [0.15, 0.2) is 9.84 Å². The number of halogens is 1. The summed E-state index contributed by atoms with van der Waals surface area (Å²) in [6, 6.07) is 13.5. The van der Waals surface area contributed by atoms with Crippen LogP contribution >= 0.6 is 0 Å². The quantitative estimate of drug-likeness (QED) is 0.810. The van der Waals surface area contributed by atoms with Gasteiger partial charge in [-0.3, -0.25) is 0 Å². The molecule has 0 aromatic heterocycles. The third kappa shape index (κ3) is 4.32. The Morgan fingerprint density at radius 3 is 2.17 bits per heavy atom. The molecule has 0 N–H and O–H groups in total. The SMILES string of the molecule is CS(=O)(=O)c1ccc(N(Cc2ccc(F)cc2)CC2CC2)cc1. The first kappa shape index (κ1) is 16.0. The van der Waals surface area contributed by atoms with E-state index in [9.17, 15) is 12.8 Å². The monoisotopic (exact) mass is 333 g/mol. The molecule has 0 aliphatic heterocycles. The molecule has 2 aromatic rings. The molecule has 1 saturated carbocycles. The molecule has 1 aliphatic carbocycles. The molecular formula is C18H20FNO2S. The third-order valence-corrected chi connectivity index (χ3v) is 5.22. The fourth-order valence-corrected chi connectivity index (χ4v) is 3.22. The van der Waals surface area contributed by atoms with Crippen LogP contribution in [0.1, 0.15) is 18.4 Å². The summed E-state index contributed by atoms with van der Waals surface area (Å²) in [7, 11) is -3.18. The molecule has 3 nitrogen and oxygen atoms in total. The van der Waals surface area contributed by atoms with Crippen molar-refractivity contribution in [3.8, 4) is 0 Å². The smallest absolute Gasteiger partial charge is 0.175 e. The van der Waals surface area contributed by atoms with Gasteiger partial charge < -0.3 is 4.90 Å². The lowest BCUT2D eigenvalue weighted by atomic mass is 10.2. The average molecular weight is 333 g/mol. The van der Waals surface area contributed by atoms with Crippen molar-refractivity contribution in [2.75, 3.05) is 17.7 Å². The molecule has 0 saturated heterocycles. The normalized spacial score (nSPS) is 14.7. The second kappa shape index (κ2) is 6.32. The molecule has 0 radical (unpaired) electrons. The number of benzene rings is 2. The maximum Gasteiger partial charge on any atom is 0.175 e. The molecule has 1 fully saturated rings. The van der Waals surface area contributed by atoms with Crippen molar-refractivity contribution < 1.29 is 12.8 Å². The minimum absolute atomic E-state index is 0.236. The van der Waals surface area contributed by atoms with Crippen molar-refractivity contribution in [3.05, 3.63) is 59.9 Å². The maximum atomic E-state index is 13.1. The minimum Gasteiger partial charge on any atom is -0.367 e. The lowest BCUT2D eigenvalue weighted by Gasteiger charge is -2.25. The molecule has 122 valence electrons. The van der Waals surface area contributed by atoms with Crippen molar-refractivity contribution in [2.24, 2.45) is 5.92 Å². The lowest BCUT2D eigenvalue weighted by molar-refractivity contribution is 0.602. The molecule has 0 spiro atoms. The van der Waals surface area contributed by atoms with Gasteiger partial charge in [0.05, 0.1) is 4.90 Å². The topological polar surface area (TPSA) is 37.4 Å². The van der Waals surface area contributed by atoms with Crippen molar-refractivity contribution in [2.45, 2.75) is 24.3 Å². The van der Waals surface area contributed by atoms with E-state index in [1.54, 1.807) is 24.3 Å². The van der Waals surface area contributed by atoms with Crippen LogP contribution in [0.5, 0.6) is 0 Å². The first-order chi connectivity index (χ1) is 10.9. The standard InChI is InChI=1S/C18H20FNO2S/c1-23(21,22)18-10-8-17(9-11-18)20(12-14-2-3-14)13-15-4-6-16(19)7-5-15/h4-11,14H,2-3,12-13H2,1H3. The molecule has 0 unspecified atom stereocenters. The number of hydrogen-bond donors (Lipinski definition) is 0. The molecule has 0 amide bonds. The van der Waals surface area contributed by atoms with Crippen LogP contribution in [0.25, 0.3) is 0 Å². The summed E-state index contributed by atoms with van der Waals surface area (Å²) in [6.45, 7) is 1.63. The van der Waals surface area contributed by atoms with Gasteiger partial charge in [-0.15, -0.1) is 0 Å². The van der Waals surface area contributed by atoms with Crippen LogP contribution in [0.2, 0.25) is 0 Å². The van der Waals surface area contributed by atoms with Crippen LogP contribution < -0.4 is 4.90 Å². The zero-order chi connectivity index (χ0) is 16.4. The summed E-state index contributed by atoms with van der Waals surface area (Å²) in [5.74, 6) is 0.463. The molecule has 0 atom stereocenters. The second-order valence-electron chi connectivity index (χ2n) is 6.22. The first-order valence-electron chi connectivity index (χ1n) is 7.71. The highest BCUT2D eigenvalue weighted by molar-refractivity contribution is 7.90. The second-order valence-corrected chi connectivity index (χ2v) is 8.23. The van der Waals surface area contributed by atoms with E-state index in [2.05, 4.69) is 4.90 Å². The Kier molecular flexibility index (Phi) is 4.39. The number of hydrogen-bond acceptors (Lipinski definition) is 3.